The molecule has 3 heteroatoms. The Labute approximate surface area is 116 Å². The summed E-state index contributed by atoms with van der Waals surface area (Å²) in [4.78, 5) is 12.8. The summed E-state index contributed by atoms with van der Waals surface area (Å²) in [5, 5.41) is 6.89. The molecule has 1 heterocycles. The lowest BCUT2D eigenvalue weighted by Crippen LogP contribution is -2.50. The molecular formula is C16H28N2O. The van der Waals surface area contributed by atoms with E-state index in [4.69, 9.17) is 0 Å². The van der Waals surface area contributed by atoms with Crippen LogP contribution in [-0.2, 0) is 4.79 Å². The van der Waals surface area contributed by atoms with Gasteiger partial charge in [0, 0.05) is 12.6 Å². The molecule has 2 atom stereocenters. The van der Waals surface area contributed by atoms with Crippen molar-refractivity contribution in [1.82, 2.24) is 10.6 Å². The SMILES string of the molecule is O=C(NC1CCCCCC1)[C@@]12CCCC[C@H]1CNC2. The van der Waals surface area contributed by atoms with E-state index in [1.165, 1.54) is 57.8 Å². The molecule has 0 spiro atoms. The fraction of sp³-hybridized carbons (Fsp3) is 0.938. The number of amides is 1. The Kier molecular flexibility index (Phi) is 4.11. The lowest BCUT2D eigenvalue weighted by Gasteiger charge is -2.38. The largest absolute Gasteiger partial charge is 0.353 e. The quantitative estimate of drug-likeness (QED) is 0.753. The highest BCUT2D eigenvalue weighted by Crippen LogP contribution is 2.44. The van der Waals surface area contributed by atoms with Gasteiger partial charge in [0.2, 0.25) is 5.91 Å². The van der Waals surface area contributed by atoms with Gasteiger partial charge < -0.3 is 10.6 Å². The summed E-state index contributed by atoms with van der Waals surface area (Å²) in [6, 6.07) is 0.451. The first-order valence-electron chi connectivity index (χ1n) is 8.33. The Balaban J connectivity index is 1.64. The molecule has 0 unspecified atom stereocenters. The number of carbonyl (C=O) groups is 1. The van der Waals surface area contributed by atoms with E-state index in [1.54, 1.807) is 0 Å². The molecule has 0 bridgehead atoms. The van der Waals surface area contributed by atoms with Gasteiger partial charge in [-0.25, -0.2) is 0 Å². The van der Waals surface area contributed by atoms with Gasteiger partial charge in [-0.15, -0.1) is 0 Å². The minimum absolute atomic E-state index is 0.0649. The van der Waals surface area contributed by atoms with Crippen molar-refractivity contribution in [2.45, 2.75) is 70.3 Å². The number of nitrogens with one attached hydrogen (secondary N) is 2. The molecule has 1 amide bonds. The minimum atomic E-state index is -0.0649. The number of carbonyl (C=O) groups excluding carboxylic acids is 1. The van der Waals surface area contributed by atoms with Crippen molar-refractivity contribution in [2.24, 2.45) is 11.3 Å². The van der Waals surface area contributed by atoms with Crippen LogP contribution in [0.1, 0.15) is 64.2 Å². The van der Waals surface area contributed by atoms with Crippen LogP contribution in [0.15, 0.2) is 0 Å². The molecule has 0 aromatic heterocycles. The van der Waals surface area contributed by atoms with Crippen LogP contribution < -0.4 is 10.6 Å². The van der Waals surface area contributed by atoms with Crippen molar-refractivity contribution in [3.05, 3.63) is 0 Å². The van der Waals surface area contributed by atoms with Crippen LogP contribution in [0.5, 0.6) is 0 Å². The fourth-order valence-electron chi connectivity index (χ4n) is 4.44. The van der Waals surface area contributed by atoms with Crippen LogP contribution in [0.25, 0.3) is 0 Å². The second-order valence-corrected chi connectivity index (χ2v) is 6.89. The molecule has 2 saturated carbocycles. The molecule has 108 valence electrons. The van der Waals surface area contributed by atoms with Crippen LogP contribution in [0.2, 0.25) is 0 Å². The van der Waals surface area contributed by atoms with Gasteiger partial charge in [-0.2, -0.15) is 0 Å². The lowest BCUT2D eigenvalue weighted by atomic mass is 9.67. The molecule has 19 heavy (non-hydrogen) atoms. The Hall–Kier alpha value is -0.570. The lowest BCUT2D eigenvalue weighted by molar-refractivity contribution is -0.134. The summed E-state index contributed by atoms with van der Waals surface area (Å²) in [6.07, 6.45) is 12.6. The molecule has 0 aromatic rings. The summed E-state index contributed by atoms with van der Waals surface area (Å²) in [5.41, 5.74) is -0.0649. The molecular weight excluding hydrogens is 236 g/mol. The molecule has 3 nitrogen and oxygen atoms in total. The Morgan fingerprint density at radius 1 is 1.00 bits per heavy atom. The average Bonchev–Trinajstić information content (AvgIpc) is 2.71. The van der Waals surface area contributed by atoms with E-state index in [2.05, 4.69) is 10.6 Å². The maximum Gasteiger partial charge on any atom is 0.228 e. The first kappa shape index (κ1) is 13.4. The smallest absolute Gasteiger partial charge is 0.228 e. The predicted octanol–water partition coefficient (Wildman–Crippen LogP) is 2.61. The van der Waals surface area contributed by atoms with Crippen LogP contribution in [0.3, 0.4) is 0 Å². The summed E-state index contributed by atoms with van der Waals surface area (Å²) < 4.78 is 0. The second kappa shape index (κ2) is 5.82. The van der Waals surface area contributed by atoms with E-state index in [0.29, 0.717) is 17.9 Å². The summed E-state index contributed by atoms with van der Waals surface area (Å²) in [6.45, 7) is 1.97. The standard InChI is InChI=1S/C16H28N2O/c19-15(18-14-8-3-1-2-4-9-14)16-10-6-5-7-13(16)11-17-12-16/h13-14,17H,1-12H2,(H,18,19)/t13-,16+/m0/s1. The van der Waals surface area contributed by atoms with Gasteiger partial charge >= 0.3 is 0 Å². The Bertz CT molecular complexity index is 323. The third-order valence-corrected chi connectivity index (χ3v) is 5.68. The molecule has 3 fully saturated rings. The van der Waals surface area contributed by atoms with Crippen LogP contribution in [-0.4, -0.2) is 25.0 Å². The van der Waals surface area contributed by atoms with Gasteiger partial charge in [-0.05, 0) is 38.1 Å². The van der Waals surface area contributed by atoms with Gasteiger partial charge in [0.15, 0.2) is 0 Å². The zero-order valence-electron chi connectivity index (χ0n) is 12.0. The second-order valence-electron chi connectivity index (χ2n) is 6.89. The Morgan fingerprint density at radius 2 is 1.74 bits per heavy atom. The zero-order valence-corrected chi connectivity index (χ0v) is 12.0. The van der Waals surface area contributed by atoms with Crippen LogP contribution in [0, 0.1) is 11.3 Å². The monoisotopic (exact) mass is 264 g/mol. The highest BCUT2D eigenvalue weighted by molar-refractivity contribution is 5.84. The third-order valence-electron chi connectivity index (χ3n) is 5.68. The van der Waals surface area contributed by atoms with Crippen molar-refractivity contribution in [2.75, 3.05) is 13.1 Å². The molecule has 1 aliphatic heterocycles. The summed E-state index contributed by atoms with van der Waals surface area (Å²) in [7, 11) is 0. The van der Waals surface area contributed by atoms with E-state index in [9.17, 15) is 4.79 Å². The van der Waals surface area contributed by atoms with Gasteiger partial charge in [0.1, 0.15) is 0 Å². The number of fused-ring (bicyclic) bond motifs is 1. The van der Waals surface area contributed by atoms with E-state index >= 15 is 0 Å². The maximum atomic E-state index is 12.8. The van der Waals surface area contributed by atoms with Crippen molar-refractivity contribution >= 4 is 5.91 Å². The number of hydrogen-bond donors (Lipinski definition) is 2. The van der Waals surface area contributed by atoms with Crippen molar-refractivity contribution < 1.29 is 4.79 Å². The first-order chi connectivity index (χ1) is 9.31. The van der Waals surface area contributed by atoms with Crippen molar-refractivity contribution in [3.8, 4) is 0 Å². The minimum Gasteiger partial charge on any atom is -0.353 e. The van der Waals surface area contributed by atoms with E-state index in [-0.39, 0.29) is 5.41 Å². The predicted molar refractivity (Wildman–Crippen MR) is 76.9 cm³/mol. The van der Waals surface area contributed by atoms with E-state index in [0.717, 1.165) is 19.5 Å². The molecule has 0 radical (unpaired) electrons. The van der Waals surface area contributed by atoms with Crippen molar-refractivity contribution in [3.63, 3.8) is 0 Å². The molecule has 1 saturated heterocycles. The number of hydrogen-bond acceptors (Lipinski definition) is 2. The molecule has 3 rings (SSSR count). The van der Waals surface area contributed by atoms with Gasteiger partial charge in [-0.3, -0.25) is 4.79 Å². The van der Waals surface area contributed by atoms with Gasteiger partial charge in [-0.1, -0.05) is 38.5 Å². The van der Waals surface area contributed by atoms with Crippen LogP contribution >= 0.6 is 0 Å². The van der Waals surface area contributed by atoms with Gasteiger partial charge in [0.25, 0.3) is 0 Å². The summed E-state index contributed by atoms with van der Waals surface area (Å²) in [5.74, 6) is 0.959. The van der Waals surface area contributed by atoms with Crippen LogP contribution in [0.4, 0.5) is 0 Å². The fourth-order valence-corrected chi connectivity index (χ4v) is 4.44. The highest BCUT2D eigenvalue weighted by atomic mass is 16.2. The molecule has 0 aromatic carbocycles. The average molecular weight is 264 g/mol. The molecule has 2 aliphatic carbocycles. The molecule has 2 N–H and O–H groups in total. The van der Waals surface area contributed by atoms with E-state index < -0.39 is 0 Å². The normalized spacial score (nSPS) is 36.5. The van der Waals surface area contributed by atoms with E-state index in [1.807, 2.05) is 0 Å². The zero-order chi connectivity index (χ0) is 13.1. The molecule has 3 aliphatic rings. The summed E-state index contributed by atoms with van der Waals surface area (Å²) >= 11 is 0. The topological polar surface area (TPSA) is 41.1 Å². The van der Waals surface area contributed by atoms with Crippen molar-refractivity contribution in [1.29, 1.82) is 0 Å². The first-order valence-corrected chi connectivity index (χ1v) is 8.33. The highest BCUT2D eigenvalue weighted by Gasteiger charge is 2.50. The maximum absolute atomic E-state index is 12.8. The van der Waals surface area contributed by atoms with Gasteiger partial charge in [0.05, 0.1) is 5.41 Å². The number of rotatable bonds is 2. The Morgan fingerprint density at radius 3 is 2.53 bits per heavy atom. The third kappa shape index (κ3) is 2.67.